The smallest absolute Gasteiger partial charge is 0.410 e. The average molecular weight is 297 g/mol. The van der Waals surface area contributed by atoms with Crippen LogP contribution >= 0.6 is 0 Å². The maximum Gasteiger partial charge on any atom is 0.410 e. The third-order valence-corrected chi connectivity index (χ3v) is 4.13. The zero-order valence-corrected chi connectivity index (χ0v) is 12.8. The van der Waals surface area contributed by atoms with E-state index in [-0.39, 0.29) is 12.1 Å². The summed E-state index contributed by atoms with van der Waals surface area (Å²) in [6.07, 6.45) is 0.516. The van der Waals surface area contributed by atoms with Crippen LogP contribution in [0.25, 0.3) is 0 Å². The second-order valence-corrected chi connectivity index (χ2v) is 5.26. The van der Waals surface area contributed by atoms with Gasteiger partial charge in [-0.2, -0.15) is 0 Å². The molecule has 1 aliphatic rings. The van der Waals surface area contributed by atoms with E-state index in [1.807, 2.05) is 36.4 Å². The van der Waals surface area contributed by atoms with Gasteiger partial charge in [0, 0.05) is 12.1 Å². The van der Waals surface area contributed by atoms with Crippen molar-refractivity contribution in [1.29, 1.82) is 0 Å². The molecule has 0 fully saturated rings. The number of nitrogens with zero attached hydrogens (tertiary/aromatic N) is 1. The van der Waals surface area contributed by atoms with Gasteiger partial charge in [0.1, 0.15) is 5.75 Å². The standard InChI is InChI=1S/C18H19NO3/c1-21-16-10-6-5-9-15(16)17-14-8-4-3-7-13(14)11-12-19(17)18(20)22-2/h3-10,17H,11-12H2,1-2H3. The number of para-hydroxylation sites is 1. The van der Waals surface area contributed by atoms with Crippen molar-refractivity contribution in [2.45, 2.75) is 12.5 Å². The van der Waals surface area contributed by atoms with Crippen LogP contribution < -0.4 is 4.74 Å². The highest BCUT2D eigenvalue weighted by molar-refractivity contribution is 5.70. The lowest BCUT2D eigenvalue weighted by molar-refractivity contribution is 0.108. The molecule has 114 valence electrons. The molecule has 0 aromatic heterocycles. The van der Waals surface area contributed by atoms with Crippen LogP contribution in [0.3, 0.4) is 0 Å². The number of carbonyl (C=O) groups excluding carboxylic acids is 1. The Morgan fingerprint density at radius 1 is 1.05 bits per heavy atom. The Hall–Kier alpha value is -2.49. The lowest BCUT2D eigenvalue weighted by atomic mass is 9.88. The molecule has 22 heavy (non-hydrogen) atoms. The summed E-state index contributed by atoms with van der Waals surface area (Å²) in [6.45, 7) is 0.631. The second kappa shape index (κ2) is 6.10. The fourth-order valence-electron chi connectivity index (χ4n) is 3.11. The highest BCUT2D eigenvalue weighted by Gasteiger charge is 2.33. The predicted molar refractivity (Wildman–Crippen MR) is 84.1 cm³/mol. The van der Waals surface area contributed by atoms with Crippen molar-refractivity contribution in [1.82, 2.24) is 4.90 Å². The molecule has 1 heterocycles. The van der Waals surface area contributed by atoms with Gasteiger partial charge in [0.2, 0.25) is 0 Å². The normalized spacial score (nSPS) is 16.8. The molecule has 1 aliphatic heterocycles. The number of methoxy groups -OCH3 is 2. The van der Waals surface area contributed by atoms with Gasteiger partial charge in [0.15, 0.2) is 0 Å². The molecule has 1 atom stereocenters. The SMILES string of the molecule is COC(=O)N1CCc2ccccc2C1c1ccccc1OC. The Kier molecular flexibility index (Phi) is 4.00. The van der Waals surface area contributed by atoms with Crippen LogP contribution in [0.15, 0.2) is 48.5 Å². The van der Waals surface area contributed by atoms with Crippen molar-refractivity contribution in [3.63, 3.8) is 0 Å². The fourth-order valence-corrected chi connectivity index (χ4v) is 3.11. The Balaban J connectivity index is 2.15. The fraction of sp³-hybridized carbons (Fsp3) is 0.278. The van der Waals surface area contributed by atoms with Gasteiger partial charge >= 0.3 is 6.09 Å². The second-order valence-electron chi connectivity index (χ2n) is 5.26. The lowest BCUT2D eigenvalue weighted by Crippen LogP contribution is -2.40. The van der Waals surface area contributed by atoms with Crippen molar-refractivity contribution in [3.8, 4) is 5.75 Å². The summed E-state index contributed by atoms with van der Waals surface area (Å²) in [4.78, 5) is 14.0. The molecule has 4 nitrogen and oxygen atoms in total. The minimum atomic E-state index is -0.314. The minimum absolute atomic E-state index is 0.187. The van der Waals surface area contributed by atoms with Gasteiger partial charge in [0.05, 0.1) is 20.3 Å². The molecule has 3 rings (SSSR count). The van der Waals surface area contributed by atoms with Crippen LogP contribution in [-0.4, -0.2) is 31.8 Å². The average Bonchev–Trinajstić information content (AvgIpc) is 2.60. The zero-order valence-electron chi connectivity index (χ0n) is 12.8. The number of hydrogen-bond donors (Lipinski definition) is 0. The molecule has 0 saturated carbocycles. The number of carbonyl (C=O) groups is 1. The van der Waals surface area contributed by atoms with Crippen LogP contribution in [0.2, 0.25) is 0 Å². The highest BCUT2D eigenvalue weighted by atomic mass is 16.5. The van der Waals surface area contributed by atoms with E-state index < -0.39 is 0 Å². The van der Waals surface area contributed by atoms with E-state index in [4.69, 9.17) is 9.47 Å². The van der Waals surface area contributed by atoms with E-state index in [9.17, 15) is 4.79 Å². The van der Waals surface area contributed by atoms with E-state index in [2.05, 4.69) is 12.1 Å². The van der Waals surface area contributed by atoms with Gasteiger partial charge in [0.25, 0.3) is 0 Å². The molecule has 1 unspecified atom stereocenters. The molecule has 2 aromatic carbocycles. The first-order valence-corrected chi connectivity index (χ1v) is 7.31. The quantitative estimate of drug-likeness (QED) is 0.852. The summed E-state index contributed by atoms with van der Waals surface area (Å²) in [5, 5.41) is 0. The van der Waals surface area contributed by atoms with E-state index >= 15 is 0 Å². The van der Waals surface area contributed by atoms with E-state index in [0.29, 0.717) is 6.54 Å². The molecule has 0 radical (unpaired) electrons. The topological polar surface area (TPSA) is 38.8 Å². The van der Waals surface area contributed by atoms with E-state index in [0.717, 1.165) is 23.3 Å². The lowest BCUT2D eigenvalue weighted by Gasteiger charge is -2.37. The number of benzene rings is 2. The number of amides is 1. The monoisotopic (exact) mass is 297 g/mol. The van der Waals surface area contributed by atoms with Crippen molar-refractivity contribution in [2.75, 3.05) is 20.8 Å². The van der Waals surface area contributed by atoms with Crippen molar-refractivity contribution < 1.29 is 14.3 Å². The Bertz CT molecular complexity index is 684. The largest absolute Gasteiger partial charge is 0.496 e. The maximum absolute atomic E-state index is 12.2. The Labute approximate surface area is 130 Å². The third-order valence-electron chi connectivity index (χ3n) is 4.13. The summed E-state index contributed by atoms with van der Waals surface area (Å²) in [5.74, 6) is 0.776. The first-order chi connectivity index (χ1) is 10.8. The number of fused-ring (bicyclic) bond motifs is 1. The number of ether oxygens (including phenoxy) is 2. The van der Waals surface area contributed by atoms with Gasteiger partial charge in [-0.1, -0.05) is 42.5 Å². The van der Waals surface area contributed by atoms with Crippen LogP contribution in [0, 0.1) is 0 Å². The summed E-state index contributed by atoms with van der Waals surface area (Å²) in [6, 6.07) is 15.9. The Morgan fingerprint density at radius 3 is 2.45 bits per heavy atom. The first-order valence-electron chi connectivity index (χ1n) is 7.31. The molecule has 4 heteroatoms. The molecule has 0 bridgehead atoms. The number of rotatable bonds is 2. The third kappa shape index (κ3) is 2.41. The van der Waals surface area contributed by atoms with Crippen LogP contribution in [-0.2, 0) is 11.2 Å². The molecular formula is C18H19NO3. The first kappa shape index (κ1) is 14.4. The molecule has 0 saturated heterocycles. The molecule has 0 spiro atoms. The maximum atomic E-state index is 12.2. The van der Waals surface area contributed by atoms with E-state index in [1.165, 1.54) is 12.7 Å². The van der Waals surface area contributed by atoms with Crippen LogP contribution in [0.5, 0.6) is 5.75 Å². The van der Waals surface area contributed by atoms with Crippen LogP contribution in [0.1, 0.15) is 22.7 Å². The van der Waals surface area contributed by atoms with Gasteiger partial charge < -0.3 is 9.47 Å². The predicted octanol–water partition coefficient (Wildman–Crippen LogP) is 3.41. The highest BCUT2D eigenvalue weighted by Crippen LogP contribution is 2.39. The summed E-state index contributed by atoms with van der Waals surface area (Å²) in [5.41, 5.74) is 3.37. The number of hydrogen-bond acceptors (Lipinski definition) is 3. The Morgan fingerprint density at radius 2 is 1.73 bits per heavy atom. The molecular weight excluding hydrogens is 278 g/mol. The molecule has 2 aromatic rings. The van der Waals surface area contributed by atoms with E-state index in [1.54, 1.807) is 12.0 Å². The van der Waals surface area contributed by atoms with Crippen molar-refractivity contribution >= 4 is 6.09 Å². The van der Waals surface area contributed by atoms with Gasteiger partial charge in [-0.15, -0.1) is 0 Å². The summed E-state index contributed by atoms with van der Waals surface area (Å²) in [7, 11) is 3.07. The van der Waals surface area contributed by atoms with Gasteiger partial charge in [-0.05, 0) is 23.6 Å². The zero-order chi connectivity index (χ0) is 15.5. The molecule has 1 amide bonds. The van der Waals surface area contributed by atoms with Gasteiger partial charge in [-0.3, -0.25) is 4.90 Å². The molecule has 0 aliphatic carbocycles. The summed E-state index contributed by atoms with van der Waals surface area (Å²) >= 11 is 0. The summed E-state index contributed by atoms with van der Waals surface area (Å²) < 4.78 is 10.5. The van der Waals surface area contributed by atoms with Crippen LogP contribution in [0.4, 0.5) is 4.79 Å². The van der Waals surface area contributed by atoms with Gasteiger partial charge in [-0.25, -0.2) is 4.79 Å². The van der Waals surface area contributed by atoms with Crippen molar-refractivity contribution in [3.05, 3.63) is 65.2 Å². The minimum Gasteiger partial charge on any atom is -0.496 e. The van der Waals surface area contributed by atoms with Crippen molar-refractivity contribution in [2.24, 2.45) is 0 Å². The molecule has 0 N–H and O–H groups in total.